The van der Waals surface area contributed by atoms with E-state index in [0.717, 1.165) is 6.07 Å². The van der Waals surface area contributed by atoms with E-state index in [4.69, 9.17) is 10.5 Å². The fourth-order valence-electron chi connectivity index (χ4n) is 1.50. The third-order valence-electron chi connectivity index (χ3n) is 2.51. The molecule has 2 N–H and O–H groups in total. The molecule has 2 aromatic rings. The molecule has 3 nitrogen and oxygen atoms in total. The molecule has 1 aromatic carbocycles. The van der Waals surface area contributed by atoms with Crippen LogP contribution >= 0.6 is 0 Å². The fraction of sp³-hybridized carbons (Fsp3) is 0.154. The molecule has 0 aliphatic rings. The van der Waals surface area contributed by atoms with Crippen molar-refractivity contribution < 1.29 is 22.3 Å². The number of hydrogen-bond acceptors (Lipinski definition) is 3. The van der Waals surface area contributed by atoms with Crippen LogP contribution in [0.2, 0.25) is 0 Å². The molecule has 1 aromatic heterocycles. The summed E-state index contributed by atoms with van der Waals surface area (Å²) in [5.41, 5.74) is 4.72. The number of nitrogen functional groups attached to an aromatic ring is 1. The number of hydrogen-bond donors (Lipinski definition) is 1. The van der Waals surface area contributed by atoms with Crippen molar-refractivity contribution in [3.05, 3.63) is 47.3 Å². The molecule has 0 bridgehead atoms. The van der Waals surface area contributed by atoms with Gasteiger partial charge in [0.1, 0.15) is 17.4 Å². The van der Waals surface area contributed by atoms with Crippen molar-refractivity contribution in [2.24, 2.45) is 0 Å². The van der Waals surface area contributed by atoms with Crippen molar-refractivity contribution in [2.45, 2.75) is 13.1 Å². The summed E-state index contributed by atoms with van der Waals surface area (Å²) >= 11 is 0. The van der Waals surface area contributed by atoms with Crippen LogP contribution < -0.4 is 10.5 Å². The van der Waals surface area contributed by atoms with Gasteiger partial charge in [0.15, 0.2) is 0 Å². The molecule has 106 valence electrons. The molecule has 0 aliphatic heterocycles. The number of nitrogens with zero attached hydrogens (tertiary/aromatic N) is 1. The number of benzene rings is 1. The monoisotopic (exact) mass is 286 g/mol. The van der Waals surface area contributed by atoms with Gasteiger partial charge in [0.05, 0.1) is 5.56 Å². The lowest BCUT2D eigenvalue weighted by Crippen LogP contribution is -2.07. The van der Waals surface area contributed by atoms with E-state index >= 15 is 0 Å². The number of pyridine rings is 1. The molecule has 0 unspecified atom stereocenters. The second-order valence-electron chi connectivity index (χ2n) is 4.13. The molecular weight excluding hydrogens is 276 g/mol. The van der Waals surface area contributed by atoms with Crippen molar-refractivity contribution in [1.29, 1.82) is 0 Å². The summed E-state index contributed by atoms with van der Waals surface area (Å²) in [5, 5.41) is 0. The van der Waals surface area contributed by atoms with E-state index in [1.807, 2.05) is 0 Å². The molecule has 1 heterocycles. The number of alkyl halides is 3. The van der Waals surface area contributed by atoms with Crippen LogP contribution in [0, 0.1) is 12.7 Å². The topological polar surface area (TPSA) is 48.1 Å². The zero-order valence-corrected chi connectivity index (χ0v) is 10.3. The molecule has 2 rings (SSSR count). The Balaban J connectivity index is 2.33. The standard InChI is InChI=1S/C13H10F4N2O/c1-7-2-3-9(6-10(7)14)20-12-5-8(13(15,16)17)4-11(18)19-12/h2-6H,1H3,(H2,18,19). The minimum absolute atomic E-state index is 0.0410. The van der Waals surface area contributed by atoms with Gasteiger partial charge in [0.25, 0.3) is 0 Å². The molecular formula is C13H10F4N2O. The molecule has 0 saturated heterocycles. The van der Waals surface area contributed by atoms with Crippen LogP contribution in [0.25, 0.3) is 0 Å². The highest BCUT2D eigenvalue weighted by Gasteiger charge is 2.31. The Kier molecular flexibility index (Phi) is 3.52. The third kappa shape index (κ3) is 3.17. The lowest BCUT2D eigenvalue weighted by atomic mass is 10.2. The average molecular weight is 286 g/mol. The molecule has 0 fully saturated rings. The Morgan fingerprint density at radius 3 is 2.45 bits per heavy atom. The van der Waals surface area contributed by atoms with Crippen molar-refractivity contribution in [1.82, 2.24) is 4.98 Å². The van der Waals surface area contributed by atoms with Gasteiger partial charge in [0, 0.05) is 12.1 Å². The molecule has 0 saturated carbocycles. The SMILES string of the molecule is Cc1ccc(Oc2cc(C(F)(F)F)cc(N)n2)cc1F. The van der Waals surface area contributed by atoms with Crippen molar-refractivity contribution in [2.75, 3.05) is 5.73 Å². The van der Waals surface area contributed by atoms with Gasteiger partial charge in [-0.1, -0.05) is 6.07 Å². The zero-order valence-electron chi connectivity index (χ0n) is 10.3. The molecule has 0 spiro atoms. The molecule has 0 amide bonds. The number of nitrogens with two attached hydrogens (primary N) is 1. The maximum absolute atomic E-state index is 13.3. The molecule has 20 heavy (non-hydrogen) atoms. The maximum Gasteiger partial charge on any atom is 0.416 e. The third-order valence-corrected chi connectivity index (χ3v) is 2.51. The second-order valence-corrected chi connectivity index (χ2v) is 4.13. The van der Waals surface area contributed by atoms with E-state index in [1.165, 1.54) is 12.1 Å². The van der Waals surface area contributed by atoms with Crippen LogP contribution in [0.5, 0.6) is 11.6 Å². The number of halogens is 4. The van der Waals surface area contributed by atoms with Gasteiger partial charge in [0.2, 0.25) is 5.88 Å². The minimum atomic E-state index is -4.56. The summed E-state index contributed by atoms with van der Waals surface area (Å²) in [4.78, 5) is 3.63. The highest BCUT2D eigenvalue weighted by Crippen LogP contribution is 2.33. The van der Waals surface area contributed by atoms with Crippen LogP contribution in [0.4, 0.5) is 23.4 Å². The lowest BCUT2D eigenvalue weighted by molar-refractivity contribution is -0.137. The minimum Gasteiger partial charge on any atom is -0.439 e. The number of rotatable bonds is 2. The van der Waals surface area contributed by atoms with Crippen molar-refractivity contribution in [3.8, 4) is 11.6 Å². The van der Waals surface area contributed by atoms with Crippen LogP contribution in [-0.2, 0) is 6.18 Å². The first-order chi connectivity index (χ1) is 9.25. The molecule has 7 heteroatoms. The summed E-state index contributed by atoms with van der Waals surface area (Å²) < 4.78 is 56.2. The first-order valence-electron chi connectivity index (χ1n) is 5.54. The van der Waals surface area contributed by atoms with E-state index in [-0.39, 0.29) is 17.4 Å². The smallest absolute Gasteiger partial charge is 0.416 e. The van der Waals surface area contributed by atoms with Gasteiger partial charge in [-0.25, -0.2) is 4.39 Å². The van der Waals surface area contributed by atoms with E-state index < -0.39 is 17.6 Å². The quantitative estimate of drug-likeness (QED) is 0.851. The number of anilines is 1. The van der Waals surface area contributed by atoms with E-state index in [9.17, 15) is 17.6 Å². The van der Waals surface area contributed by atoms with Crippen LogP contribution in [0.3, 0.4) is 0 Å². The van der Waals surface area contributed by atoms with Crippen molar-refractivity contribution in [3.63, 3.8) is 0 Å². The van der Waals surface area contributed by atoms with E-state index in [2.05, 4.69) is 4.98 Å². The van der Waals surface area contributed by atoms with Crippen LogP contribution in [0.1, 0.15) is 11.1 Å². The average Bonchev–Trinajstić information content (AvgIpc) is 2.32. The van der Waals surface area contributed by atoms with Gasteiger partial charge < -0.3 is 10.5 Å². The fourth-order valence-corrected chi connectivity index (χ4v) is 1.50. The molecule has 0 radical (unpaired) electrons. The Bertz CT molecular complexity index is 641. The largest absolute Gasteiger partial charge is 0.439 e. The maximum atomic E-state index is 13.3. The highest BCUT2D eigenvalue weighted by atomic mass is 19.4. The zero-order chi connectivity index (χ0) is 14.9. The number of aromatic nitrogens is 1. The Morgan fingerprint density at radius 2 is 1.85 bits per heavy atom. The van der Waals surface area contributed by atoms with Crippen molar-refractivity contribution >= 4 is 5.82 Å². The Labute approximate surface area is 112 Å². The Morgan fingerprint density at radius 1 is 1.15 bits per heavy atom. The summed E-state index contributed by atoms with van der Waals surface area (Å²) in [6.07, 6.45) is -4.56. The van der Waals surface area contributed by atoms with Crippen LogP contribution in [0.15, 0.2) is 30.3 Å². The molecule has 0 aliphatic carbocycles. The highest BCUT2D eigenvalue weighted by molar-refractivity contribution is 5.40. The molecule has 0 atom stereocenters. The van der Waals surface area contributed by atoms with Gasteiger partial charge >= 0.3 is 6.18 Å². The van der Waals surface area contributed by atoms with Gasteiger partial charge in [-0.15, -0.1) is 0 Å². The number of ether oxygens (including phenoxy) is 1. The summed E-state index contributed by atoms with van der Waals surface area (Å²) in [6, 6.07) is 5.34. The normalized spacial score (nSPS) is 11.4. The van der Waals surface area contributed by atoms with E-state index in [0.29, 0.717) is 17.7 Å². The van der Waals surface area contributed by atoms with Gasteiger partial charge in [-0.05, 0) is 24.6 Å². The van der Waals surface area contributed by atoms with Crippen LogP contribution in [-0.4, -0.2) is 4.98 Å². The lowest BCUT2D eigenvalue weighted by Gasteiger charge is -2.10. The predicted octanol–water partition coefficient (Wildman–Crippen LogP) is 3.92. The summed E-state index contributed by atoms with van der Waals surface area (Å²) in [5.74, 6) is -1.16. The first kappa shape index (κ1) is 14.1. The second kappa shape index (κ2) is 4.99. The number of aryl methyl sites for hydroxylation is 1. The Hall–Kier alpha value is -2.31. The first-order valence-corrected chi connectivity index (χ1v) is 5.54. The van der Waals surface area contributed by atoms with E-state index in [1.54, 1.807) is 6.92 Å². The van der Waals surface area contributed by atoms with Gasteiger partial charge in [-0.2, -0.15) is 18.2 Å². The summed E-state index contributed by atoms with van der Waals surface area (Å²) in [6.45, 7) is 1.56. The predicted molar refractivity (Wildman–Crippen MR) is 64.9 cm³/mol. The summed E-state index contributed by atoms with van der Waals surface area (Å²) in [7, 11) is 0. The van der Waals surface area contributed by atoms with Gasteiger partial charge in [-0.3, -0.25) is 0 Å².